The second-order valence-electron chi connectivity index (χ2n) is 3.80. The van der Waals surface area contributed by atoms with Crippen LogP contribution in [-0.2, 0) is 6.54 Å². The Balaban J connectivity index is 1.82. The number of nitrogens with zero attached hydrogens (tertiary/aromatic N) is 1. The molecule has 0 amide bonds. The predicted octanol–water partition coefficient (Wildman–Crippen LogP) is 1.70. The molecule has 13 heavy (non-hydrogen) atoms. The van der Waals surface area contributed by atoms with E-state index < -0.39 is 5.60 Å². The number of thiophene rings is 1. The van der Waals surface area contributed by atoms with E-state index in [4.69, 9.17) is 0 Å². The van der Waals surface area contributed by atoms with Crippen molar-refractivity contribution >= 4 is 11.3 Å². The number of likely N-dealkylation sites (tertiary alicyclic amines) is 1. The summed E-state index contributed by atoms with van der Waals surface area (Å²) < 4.78 is 0. The zero-order chi connectivity index (χ0) is 9.31. The van der Waals surface area contributed by atoms with Crippen LogP contribution < -0.4 is 0 Å². The molecule has 1 fully saturated rings. The van der Waals surface area contributed by atoms with Crippen molar-refractivity contribution in [2.75, 3.05) is 13.1 Å². The fourth-order valence-corrected chi connectivity index (χ4v) is 2.49. The highest BCUT2D eigenvalue weighted by Crippen LogP contribution is 2.26. The highest BCUT2D eigenvalue weighted by atomic mass is 32.1. The molecule has 2 rings (SSSR count). The van der Waals surface area contributed by atoms with Crippen LogP contribution in [0.2, 0.25) is 0 Å². The molecule has 1 aliphatic rings. The van der Waals surface area contributed by atoms with Gasteiger partial charge in [-0.1, -0.05) is 13.0 Å². The van der Waals surface area contributed by atoms with E-state index in [1.807, 2.05) is 6.92 Å². The second kappa shape index (κ2) is 3.40. The van der Waals surface area contributed by atoms with Crippen molar-refractivity contribution < 1.29 is 5.11 Å². The quantitative estimate of drug-likeness (QED) is 0.797. The van der Waals surface area contributed by atoms with E-state index in [-0.39, 0.29) is 0 Å². The van der Waals surface area contributed by atoms with Gasteiger partial charge in [0.1, 0.15) is 0 Å². The second-order valence-corrected chi connectivity index (χ2v) is 4.83. The molecule has 1 aliphatic heterocycles. The van der Waals surface area contributed by atoms with Crippen LogP contribution in [0.15, 0.2) is 17.5 Å². The SMILES string of the molecule is CCC1(O)CN(Cc2cccs2)C1. The minimum atomic E-state index is -0.392. The molecule has 1 N–H and O–H groups in total. The Hall–Kier alpha value is -0.380. The predicted molar refractivity (Wildman–Crippen MR) is 54.8 cm³/mol. The Morgan fingerprint density at radius 3 is 2.92 bits per heavy atom. The van der Waals surface area contributed by atoms with Gasteiger partial charge in [-0.05, 0) is 17.9 Å². The van der Waals surface area contributed by atoms with Crippen LogP contribution in [0.1, 0.15) is 18.2 Å². The molecule has 1 aromatic heterocycles. The summed E-state index contributed by atoms with van der Waals surface area (Å²) in [7, 11) is 0. The largest absolute Gasteiger partial charge is 0.387 e. The van der Waals surface area contributed by atoms with Crippen LogP contribution in [0.4, 0.5) is 0 Å². The van der Waals surface area contributed by atoms with Crippen molar-refractivity contribution in [3.8, 4) is 0 Å². The third-order valence-electron chi connectivity index (χ3n) is 2.65. The maximum atomic E-state index is 9.78. The summed E-state index contributed by atoms with van der Waals surface area (Å²) in [6, 6.07) is 4.22. The Morgan fingerprint density at radius 2 is 2.38 bits per heavy atom. The normalized spacial score (nSPS) is 21.4. The monoisotopic (exact) mass is 197 g/mol. The molecule has 0 aromatic carbocycles. The first-order valence-electron chi connectivity index (χ1n) is 4.69. The maximum Gasteiger partial charge on any atom is 0.0897 e. The zero-order valence-electron chi connectivity index (χ0n) is 7.86. The van der Waals surface area contributed by atoms with Gasteiger partial charge < -0.3 is 5.11 Å². The average molecular weight is 197 g/mol. The summed E-state index contributed by atoms with van der Waals surface area (Å²) in [5.74, 6) is 0. The molecule has 0 atom stereocenters. The molecule has 1 saturated heterocycles. The molecule has 2 nitrogen and oxygen atoms in total. The van der Waals surface area contributed by atoms with Crippen molar-refractivity contribution in [1.29, 1.82) is 0 Å². The number of aliphatic hydroxyl groups is 1. The first kappa shape index (κ1) is 9.19. The van der Waals surface area contributed by atoms with Crippen LogP contribution in [0.25, 0.3) is 0 Å². The lowest BCUT2D eigenvalue weighted by Crippen LogP contribution is -2.60. The van der Waals surface area contributed by atoms with Gasteiger partial charge in [0.05, 0.1) is 5.60 Å². The topological polar surface area (TPSA) is 23.5 Å². The fourth-order valence-electron chi connectivity index (χ4n) is 1.74. The molecule has 0 saturated carbocycles. The van der Waals surface area contributed by atoms with Crippen molar-refractivity contribution in [2.45, 2.75) is 25.5 Å². The molecule has 72 valence electrons. The Labute approximate surface area is 82.8 Å². The maximum absolute atomic E-state index is 9.78. The lowest BCUT2D eigenvalue weighted by atomic mass is 9.91. The summed E-state index contributed by atoms with van der Waals surface area (Å²) in [5.41, 5.74) is -0.392. The Morgan fingerprint density at radius 1 is 1.62 bits per heavy atom. The third kappa shape index (κ3) is 1.93. The van der Waals surface area contributed by atoms with Gasteiger partial charge in [0.2, 0.25) is 0 Å². The number of hydrogen-bond acceptors (Lipinski definition) is 3. The first-order chi connectivity index (χ1) is 6.22. The van der Waals surface area contributed by atoms with E-state index in [1.165, 1.54) is 4.88 Å². The molecule has 0 radical (unpaired) electrons. The van der Waals surface area contributed by atoms with Crippen molar-refractivity contribution in [1.82, 2.24) is 4.90 Å². The standard InChI is InChI=1S/C10H15NOS/c1-2-10(12)7-11(8-10)6-9-4-3-5-13-9/h3-5,12H,2,6-8H2,1H3. The molecule has 0 bridgehead atoms. The van der Waals surface area contributed by atoms with Crippen molar-refractivity contribution in [2.24, 2.45) is 0 Å². The molecular weight excluding hydrogens is 182 g/mol. The minimum Gasteiger partial charge on any atom is -0.387 e. The summed E-state index contributed by atoms with van der Waals surface area (Å²) in [6.45, 7) is 4.71. The molecule has 0 unspecified atom stereocenters. The Kier molecular flexibility index (Phi) is 2.41. The highest BCUT2D eigenvalue weighted by Gasteiger charge is 2.38. The molecule has 0 spiro atoms. The average Bonchev–Trinajstić information content (AvgIpc) is 2.54. The molecular formula is C10H15NOS. The van der Waals surface area contributed by atoms with Gasteiger partial charge in [-0.25, -0.2) is 0 Å². The molecule has 2 heterocycles. The van der Waals surface area contributed by atoms with Gasteiger partial charge >= 0.3 is 0 Å². The highest BCUT2D eigenvalue weighted by molar-refractivity contribution is 7.09. The van der Waals surface area contributed by atoms with Gasteiger partial charge in [-0.15, -0.1) is 11.3 Å². The summed E-state index contributed by atoms with van der Waals surface area (Å²) >= 11 is 1.78. The lowest BCUT2D eigenvalue weighted by molar-refractivity contribution is -0.103. The summed E-state index contributed by atoms with van der Waals surface area (Å²) in [5, 5.41) is 11.9. The van der Waals surface area contributed by atoms with Crippen LogP contribution in [0, 0.1) is 0 Å². The van der Waals surface area contributed by atoms with Gasteiger partial charge in [0, 0.05) is 24.5 Å². The van der Waals surface area contributed by atoms with Gasteiger partial charge in [-0.3, -0.25) is 4.90 Å². The van der Waals surface area contributed by atoms with Crippen LogP contribution in [-0.4, -0.2) is 28.7 Å². The van der Waals surface area contributed by atoms with E-state index in [2.05, 4.69) is 22.4 Å². The van der Waals surface area contributed by atoms with Crippen LogP contribution in [0.5, 0.6) is 0 Å². The number of rotatable bonds is 3. The first-order valence-corrected chi connectivity index (χ1v) is 5.57. The number of β-amino-alcohol motifs (C(OH)–C–C–N with tert-alkyl or cyclic N) is 1. The molecule has 1 aromatic rings. The van der Waals surface area contributed by atoms with Crippen molar-refractivity contribution in [3.63, 3.8) is 0 Å². The van der Waals surface area contributed by atoms with E-state index in [9.17, 15) is 5.11 Å². The van der Waals surface area contributed by atoms with E-state index in [1.54, 1.807) is 11.3 Å². The van der Waals surface area contributed by atoms with E-state index in [0.29, 0.717) is 0 Å². The van der Waals surface area contributed by atoms with Crippen LogP contribution in [0.3, 0.4) is 0 Å². The van der Waals surface area contributed by atoms with E-state index >= 15 is 0 Å². The van der Waals surface area contributed by atoms with E-state index in [0.717, 1.165) is 26.1 Å². The summed E-state index contributed by atoms with van der Waals surface area (Å²) in [6.07, 6.45) is 0.869. The van der Waals surface area contributed by atoms with Crippen LogP contribution >= 0.6 is 11.3 Å². The van der Waals surface area contributed by atoms with Gasteiger partial charge in [0.25, 0.3) is 0 Å². The summed E-state index contributed by atoms with van der Waals surface area (Å²) in [4.78, 5) is 3.67. The minimum absolute atomic E-state index is 0.392. The van der Waals surface area contributed by atoms with Crippen molar-refractivity contribution in [3.05, 3.63) is 22.4 Å². The zero-order valence-corrected chi connectivity index (χ0v) is 8.68. The lowest BCUT2D eigenvalue weighted by Gasteiger charge is -2.46. The van der Waals surface area contributed by atoms with Gasteiger partial charge in [-0.2, -0.15) is 0 Å². The molecule has 0 aliphatic carbocycles. The molecule has 3 heteroatoms. The third-order valence-corrected chi connectivity index (χ3v) is 3.51. The fraction of sp³-hybridized carbons (Fsp3) is 0.600. The van der Waals surface area contributed by atoms with Gasteiger partial charge in [0.15, 0.2) is 0 Å². The number of hydrogen-bond donors (Lipinski definition) is 1. The smallest absolute Gasteiger partial charge is 0.0897 e. The Bertz CT molecular complexity index is 264.